The van der Waals surface area contributed by atoms with E-state index in [0.717, 1.165) is 25.2 Å². The highest BCUT2D eigenvalue weighted by Crippen LogP contribution is 2.16. The maximum atomic E-state index is 12.4. The van der Waals surface area contributed by atoms with E-state index in [9.17, 15) is 9.59 Å². The van der Waals surface area contributed by atoms with Gasteiger partial charge >= 0.3 is 0 Å². The molecule has 0 radical (unpaired) electrons. The molecule has 0 bridgehead atoms. The van der Waals surface area contributed by atoms with Gasteiger partial charge in [0.2, 0.25) is 5.91 Å². The molecule has 2 amide bonds. The summed E-state index contributed by atoms with van der Waals surface area (Å²) in [7, 11) is 0. The van der Waals surface area contributed by atoms with Crippen molar-refractivity contribution < 1.29 is 9.59 Å². The third kappa shape index (κ3) is 5.65. The minimum Gasteiger partial charge on any atom is -0.350 e. The van der Waals surface area contributed by atoms with Gasteiger partial charge in [0.15, 0.2) is 0 Å². The highest BCUT2D eigenvalue weighted by Gasteiger charge is 2.18. The second-order valence-electron chi connectivity index (χ2n) is 7.00. The van der Waals surface area contributed by atoms with E-state index in [4.69, 9.17) is 0 Å². The molecule has 1 atom stereocenters. The van der Waals surface area contributed by atoms with Crippen LogP contribution in [0.5, 0.6) is 0 Å². The highest BCUT2D eigenvalue weighted by molar-refractivity contribution is 7.12. The van der Waals surface area contributed by atoms with Crippen LogP contribution in [0.4, 0.5) is 0 Å². The number of nitrogens with zero attached hydrogens (tertiary/aromatic N) is 1. The summed E-state index contributed by atoms with van der Waals surface area (Å²) in [6, 6.07) is 11.3. The molecule has 0 unspecified atom stereocenters. The third-order valence-corrected chi connectivity index (χ3v) is 5.77. The van der Waals surface area contributed by atoms with E-state index < -0.39 is 6.04 Å². The number of benzene rings is 1. The Hall–Kier alpha value is -2.18. The number of likely N-dealkylation sites (tertiary alicyclic amines) is 1. The molecule has 1 saturated heterocycles. The van der Waals surface area contributed by atoms with Crippen molar-refractivity contribution in [2.45, 2.75) is 45.3 Å². The van der Waals surface area contributed by atoms with Crippen LogP contribution in [-0.4, -0.2) is 35.8 Å². The van der Waals surface area contributed by atoms with Gasteiger partial charge in [-0.2, -0.15) is 0 Å². The van der Waals surface area contributed by atoms with Crippen molar-refractivity contribution in [3.05, 3.63) is 57.8 Å². The average Bonchev–Trinajstić information content (AvgIpc) is 3.23. The zero-order valence-electron chi connectivity index (χ0n) is 15.7. The largest absolute Gasteiger partial charge is 0.350 e. The van der Waals surface area contributed by atoms with Crippen LogP contribution in [-0.2, 0) is 17.9 Å². The number of carbonyl (C=O) groups is 2. The van der Waals surface area contributed by atoms with Crippen molar-refractivity contribution in [1.29, 1.82) is 0 Å². The van der Waals surface area contributed by atoms with Gasteiger partial charge < -0.3 is 10.6 Å². The fourth-order valence-electron chi connectivity index (χ4n) is 3.32. The first-order valence-electron chi connectivity index (χ1n) is 9.54. The molecule has 0 spiro atoms. The Labute approximate surface area is 164 Å². The van der Waals surface area contributed by atoms with Crippen LogP contribution in [0.1, 0.15) is 47.0 Å². The molecule has 3 rings (SSSR count). The van der Waals surface area contributed by atoms with Crippen LogP contribution >= 0.6 is 11.3 Å². The van der Waals surface area contributed by atoms with E-state index in [1.165, 1.54) is 36.2 Å². The fourth-order valence-corrected chi connectivity index (χ4v) is 3.95. The number of hydrogen-bond acceptors (Lipinski definition) is 4. The maximum Gasteiger partial charge on any atom is 0.261 e. The summed E-state index contributed by atoms with van der Waals surface area (Å²) in [5.74, 6) is -0.383. The number of rotatable bonds is 7. The predicted octanol–water partition coefficient (Wildman–Crippen LogP) is 3.17. The topological polar surface area (TPSA) is 61.4 Å². The monoisotopic (exact) mass is 385 g/mol. The van der Waals surface area contributed by atoms with Crippen molar-refractivity contribution in [3.63, 3.8) is 0 Å². The van der Waals surface area contributed by atoms with E-state index in [1.54, 1.807) is 13.0 Å². The fraction of sp³-hybridized carbons (Fsp3) is 0.429. The molecule has 0 aliphatic carbocycles. The lowest BCUT2D eigenvalue weighted by molar-refractivity contribution is -0.122. The number of carbonyl (C=O) groups excluding carboxylic acids is 2. The first-order valence-corrected chi connectivity index (χ1v) is 10.4. The Morgan fingerprint density at radius 2 is 1.81 bits per heavy atom. The number of nitrogens with one attached hydrogen (secondary N) is 2. The van der Waals surface area contributed by atoms with Gasteiger partial charge in [-0.15, -0.1) is 11.3 Å². The SMILES string of the molecule is C[C@@H](NC(=O)c1cccs1)C(=O)NCc1ccccc1CN1CCCCC1. The van der Waals surface area contributed by atoms with E-state index in [1.807, 2.05) is 17.5 Å². The Kier molecular flexibility index (Phi) is 7.01. The van der Waals surface area contributed by atoms with Crippen LogP contribution in [0.2, 0.25) is 0 Å². The second kappa shape index (κ2) is 9.67. The van der Waals surface area contributed by atoms with Crippen LogP contribution in [0.3, 0.4) is 0 Å². The molecule has 1 aromatic carbocycles. The van der Waals surface area contributed by atoms with Gasteiger partial charge in [-0.25, -0.2) is 0 Å². The Morgan fingerprint density at radius 1 is 1.07 bits per heavy atom. The molecular formula is C21H27N3O2S. The molecule has 1 aromatic heterocycles. The first kappa shape index (κ1) is 19.6. The Balaban J connectivity index is 1.53. The van der Waals surface area contributed by atoms with Gasteiger partial charge in [0, 0.05) is 13.1 Å². The number of amides is 2. The summed E-state index contributed by atoms with van der Waals surface area (Å²) in [4.78, 5) is 27.6. The maximum absolute atomic E-state index is 12.4. The van der Waals surface area contributed by atoms with Gasteiger partial charge in [0.1, 0.15) is 6.04 Å². The van der Waals surface area contributed by atoms with Crippen LogP contribution in [0.25, 0.3) is 0 Å². The molecular weight excluding hydrogens is 358 g/mol. The van der Waals surface area contributed by atoms with E-state index in [-0.39, 0.29) is 11.8 Å². The summed E-state index contributed by atoms with van der Waals surface area (Å²) in [6.07, 6.45) is 3.85. The molecule has 144 valence electrons. The summed E-state index contributed by atoms with van der Waals surface area (Å²) < 4.78 is 0. The molecule has 0 saturated carbocycles. The van der Waals surface area contributed by atoms with Crippen molar-refractivity contribution >= 4 is 23.2 Å². The number of piperidine rings is 1. The van der Waals surface area contributed by atoms with Crippen LogP contribution < -0.4 is 10.6 Å². The van der Waals surface area contributed by atoms with Gasteiger partial charge in [-0.3, -0.25) is 14.5 Å². The quantitative estimate of drug-likeness (QED) is 0.770. The number of hydrogen-bond donors (Lipinski definition) is 2. The van der Waals surface area contributed by atoms with E-state index >= 15 is 0 Å². The lowest BCUT2D eigenvalue weighted by Gasteiger charge is -2.27. The highest BCUT2D eigenvalue weighted by atomic mass is 32.1. The molecule has 1 fully saturated rings. The molecule has 2 aromatic rings. The van der Waals surface area contributed by atoms with Gasteiger partial charge in [-0.05, 0) is 55.4 Å². The molecule has 5 nitrogen and oxygen atoms in total. The number of thiophene rings is 1. The first-order chi connectivity index (χ1) is 13.1. The standard InChI is InChI=1S/C21H27N3O2S/c1-16(23-21(26)19-10-7-13-27-19)20(25)22-14-17-8-3-4-9-18(17)15-24-11-5-2-6-12-24/h3-4,7-10,13,16H,2,5-6,11-12,14-15H2,1H3,(H,22,25)(H,23,26)/t16-/m1/s1. The minimum atomic E-state index is -0.575. The lowest BCUT2D eigenvalue weighted by atomic mass is 10.0. The van der Waals surface area contributed by atoms with Gasteiger partial charge in [0.25, 0.3) is 5.91 Å². The normalized spacial score (nSPS) is 15.9. The minimum absolute atomic E-state index is 0.173. The Morgan fingerprint density at radius 3 is 2.52 bits per heavy atom. The summed E-state index contributed by atoms with van der Waals surface area (Å²) in [5, 5.41) is 7.55. The van der Waals surface area contributed by atoms with Gasteiger partial charge in [-0.1, -0.05) is 36.8 Å². The molecule has 1 aliphatic heterocycles. The van der Waals surface area contributed by atoms with Crippen molar-refractivity contribution in [2.24, 2.45) is 0 Å². The van der Waals surface area contributed by atoms with Crippen LogP contribution in [0, 0.1) is 0 Å². The Bertz CT molecular complexity index is 755. The van der Waals surface area contributed by atoms with Crippen molar-refractivity contribution in [3.8, 4) is 0 Å². The summed E-state index contributed by atoms with van der Waals surface area (Å²) >= 11 is 1.36. The van der Waals surface area contributed by atoms with E-state index in [2.05, 4.69) is 33.7 Å². The summed E-state index contributed by atoms with van der Waals surface area (Å²) in [6.45, 7) is 5.40. The van der Waals surface area contributed by atoms with Gasteiger partial charge in [0.05, 0.1) is 4.88 Å². The molecule has 6 heteroatoms. The molecule has 2 N–H and O–H groups in total. The smallest absolute Gasteiger partial charge is 0.261 e. The predicted molar refractivity (Wildman–Crippen MR) is 109 cm³/mol. The second-order valence-corrected chi connectivity index (χ2v) is 7.94. The average molecular weight is 386 g/mol. The molecule has 27 heavy (non-hydrogen) atoms. The molecule has 2 heterocycles. The lowest BCUT2D eigenvalue weighted by Crippen LogP contribution is -2.44. The zero-order chi connectivity index (χ0) is 19.1. The zero-order valence-corrected chi connectivity index (χ0v) is 16.6. The molecule has 1 aliphatic rings. The van der Waals surface area contributed by atoms with Crippen molar-refractivity contribution in [1.82, 2.24) is 15.5 Å². The third-order valence-electron chi connectivity index (χ3n) is 4.90. The van der Waals surface area contributed by atoms with E-state index in [0.29, 0.717) is 11.4 Å². The van der Waals surface area contributed by atoms with Crippen LogP contribution in [0.15, 0.2) is 41.8 Å². The van der Waals surface area contributed by atoms with Crippen molar-refractivity contribution in [2.75, 3.05) is 13.1 Å². The summed E-state index contributed by atoms with van der Waals surface area (Å²) in [5.41, 5.74) is 2.39.